The van der Waals surface area contributed by atoms with E-state index in [9.17, 15) is 13.2 Å². The molecule has 0 unspecified atom stereocenters. The van der Waals surface area contributed by atoms with Crippen molar-refractivity contribution < 1.29 is 17.7 Å². The number of sulfonamides is 1. The van der Waals surface area contributed by atoms with Crippen molar-refractivity contribution in [1.82, 2.24) is 9.46 Å². The number of aromatic nitrogens is 1. The number of benzene rings is 2. The number of aryl methyl sites for hydroxylation is 2. The number of fused-ring (bicyclic) bond motifs is 1. The Hall–Kier alpha value is -3.23. The van der Waals surface area contributed by atoms with E-state index in [0.29, 0.717) is 25.1 Å². The van der Waals surface area contributed by atoms with Crippen LogP contribution in [0.15, 0.2) is 57.9 Å². The maximum absolute atomic E-state index is 13.8. The second-order valence-electron chi connectivity index (χ2n) is 9.80. The zero-order chi connectivity index (χ0) is 25.4. The first-order valence-electron chi connectivity index (χ1n) is 12.4. The molecule has 1 fully saturated rings. The van der Waals surface area contributed by atoms with Gasteiger partial charge >= 0.3 is 0 Å². The van der Waals surface area contributed by atoms with Gasteiger partial charge in [0.1, 0.15) is 5.69 Å². The Bertz CT molecular complexity index is 1410. The van der Waals surface area contributed by atoms with Gasteiger partial charge in [0.05, 0.1) is 5.92 Å². The van der Waals surface area contributed by atoms with E-state index in [1.807, 2.05) is 67.3 Å². The van der Waals surface area contributed by atoms with Gasteiger partial charge in [0, 0.05) is 24.8 Å². The summed E-state index contributed by atoms with van der Waals surface area (Å²) in [5.74, 6) is -0.202. The average Bonchev–Trinajstić information content (AvgIpc) is 3.42. The molecule has 3 aromatic rings. The van der Waals surface area contributed by atoms with Crippen molar-refractivity contribution in [1.29, 1.82) is 0 Å². The Balaban J connectivity index is 1.38. The number of carbonyl (C=O) groups is 1. The van der Waals surface area contributed by atoms with Crippen LogP contribution in [0.5, 0.6) is 0 Å². The van der Waals surface area contributed by atoms with Crippen LogP contribution in [0.2, 0.25) is 0 Å². The molecule has 36 heavy (non-hydrogen) atoms. The number of anilines is 1. The van der Waals surface area contributed by atoms with Crippen molar-refractivity contribution in [2.75, 3.05) is 18.0 Å². The van der Waals surface area contributed by atoms with E-state index in [0.717, 1.165) is 28.8 Å². The zero-order valence-corrected chi connectivity index (χ0v) is 21.7. The van der Waals surface area contributed by atoms with E-state index in [-0.39, 0.29) is 29.1 Å². The first kappa shape index (κ1) is 24.5. The van der Waals surface area contributed by atoms with Gasteiger partial charge in [-0.3, -0.25) is 4.79 Å². The summed E-state index contributed by atoms with van der Waals surface area (Å²) in [7, 11) is -3.90. The highest BCUT2D eigenvalue weighted by molar-refractivity contribution is 7.89. The lowest BCUT2D eigenvalue weighted by Gasteiger charge is -2.34. The molecule has 2 aliphatic heterocycles. The highest BCUT2D eigenvalue weighted by atomic mass is 32.2. The van der Waals surface area contributed by atoms with Gasteiger partial charge < -0.3 is 9.42 Å². The van der Waals surface area contributed by atoms with Crippen molar-refractivity contribution in [2.24, 2.45) is 5.92 Å². The molecule has 188 valence electrons. The highest BCUT2D eigenvalue weighted by Crippen LogP contribution is 2.35. The maximum atomic E-state index is 13.8. The van der Waals surface area contributed by atoms with Gasteiger partial charge in [-0.25, -0.2) is 8.42 Å². The molecule has 1 aromatic heterocycles. The highest BCUT2D eigenvalue weighted by Gasteiger charge is 2.40. The van der Waals surface area contributed by atoms with Gasteiger partial charge in [0.25, 0.3) is 0 Å². The monoisotopic (exact) mass is 505 g/mol. The topological polar surface area (TPSA) is 83.7 Å². The lowest BCUT2D eigenvalue weighted by molar-refractivity contribution is -0.123. The summed E-state index contributed by atoms with van der Waals surface area (Å²) in [5.41, 5.74) is 4.49. The SMILES string of the molecule is Cc1ccc(/C=C/c2onc(C)c2S(=O)(=O)N2CCC[C@@H](C(=O)N3c4ccccc4C[C@H]3C)C2)cc1. The number of carbonyl (C=O) groups excluding carboxylic acids is 1. The number of para-hydroxylation sites is 1. The number of nitrogens with zero attached hydrogens (tertiary/aromatic N) is 3. The number of hydrogen-bond acceptors (Lipinski definition) is 5. The minimum absolute atomic E-state index is 0.00567. The first-order valence-corrected chi connectivity index (χ1v) is 13.8. The van der Waals surface area contributed by atoms with Crippen LogP contribution < -0.4 is 4.90 Å². The summed E-state index contributed by atoms with van der Waals surface area (Å²) in [6.45, 7) is 6.21. The molecule has 3 heterocycles. The van der Waals surface area contributed by atoms with Crippen LogP contribution in [0.3, 0.4) is 0 Å². The molecule has 2 aromatic carbocycles. The van der Waals surface area contributed by atoms with Gasteiger partial charge in [0.15, 0.2) is 10.7 Å². The Morgan fingerprint density at radius 2 is 1.83 bits per heavy atom. The summed E-state index contributed by atoms with van der Waals surface area (Å²) in [5, 5.41) is 3.95. The van der Waals surface area contributed by atoms with Gasteiger partial charge in [-0.15, -0.1) is 0 Å². The van der Waals surface area contributed by atoms with Crippen molar-refractivity contribution in [3.8, 4) is 0 Å². The Labute approximate surface area is 212 Å². The summed E-state index contributed by atoms with van der Waals surface area (Å²) < 4.78 is 34.4. The quantitative estimate of drug-likeness (QED) is 0.495. The molecule has 0 N–H and O–H groups in total. The summed E-state index contributed by atoms with van der Waals surface area (Å²) >= 11 is 0. The standard InChI is InChI=1S/C28H31N3O4S/c1-19-10-12-22(13-11-19)14-15-26-27(21(3)29-35-26)36(33,34)30-16-6-8-24(18-30)28(32)31-20(2)17-23-7-4-5-9-25(23)31/h4-5,7,9-15,20,24H,6,8,16-18H2,1-3H3/b15-14+/t20-,24-/m1/s1. The maximum Gasteiger partial charge on any atom is 0.248 e. The van der Waals surface area contributed by atoms with Crippen LogP contribution in [0.25, 0.3) is 12.2 Å². The predicted octanol–water partition coefficient (Wildman–Crippen LogP) is 4.84. The summed E-state index contributed by atoms with van der Waals surface area (Å²) in [6.07, 6.45) is 5.56. The van der Waals surface area contributed by atoms with E-state index in [1.54, 1.807) is 13.0 Å². The normalized spacial score (nSPS) is 20.7. The van der Waals surface area contributed by atoms with E-state index in [4.69, 9.17) is 4.52 Å². The third-order valence-corrected chi connectivity index (χ3v) is 9.14. The van der Waals surface area contributed by atoms with E-state index >= 15 is 0 Å². The minimum Gasteiger partial charge on any atom is -0.355 e. The number of amides is 1. The molecule has 0 radical (unpaired) electrons. The summed E-state index contributed by atoms with van der Waals surface area (Å²) in [6, 6.07) is 15.9. The molecule has 0 bridgehead atoms. The molecule has 5 rings (SSSR count). The molecule has 7 nitrogen and oxygen atoms in total. The van der Waals surface area contributed by atoms with E-state index < -0.39 is 15.9 Å². The molecule has 8 heteroatoms. The molecule has 0 saturated carbocycles. The average molecular weight is 506 g/mol. The van der Waals surface area contributed by atoms with Gasteiger partial charge in [-0.2, -0.15) is 4.31 Å². The van der Waals surface area contributed by atoms with Crippen LogP contribution in [-0.2, 0) is 21.2 Å². The molecular weight excluding hydrogens is 474 g/mol. The van der Waals surface area contributed by atoms with Crippen LogP contribution >= 0.6 is 0 Å². The van der Waals surface area contributed by atoms with Gasteiger partial charge in [-0.05, 0) is 63.3 Å². The Kier molecular flexibility index (Phi) is 6.57. The summed E-state index contributed by atoms with van der Waals surface area (Å²) in [4.78, 5) is 15.5. The van der Waals surface area contributed by atoms with Crippen molar-refractivity contribution in [2.45, 2.75) is 51.0 Å². The molecule has 1 saturated heterocycles. The lowest BCUT2D eigenvalue weighted by Crippen LogP contribution is -2.48. The molecular formula is C28H31N3O4S. The van der Waals surface area contributed by atoms with Crippen LogP contribution in [-0.4, -0.2) is 42.9 Å². The largest absolute Gasteiger partial charge is 0.355 e. The first-order chi connectivity index (χ1) is 17.3. The molecule has 0 aliphatic carbocycles. The third-order valence-electron chi connectivity index (χ3n) is 7.11. The Morgan fingerprint density at radius 1 is 1.08 bits per heavy atom. The van der Waals surface area contributed by atoms with Crippen LogP contribution in [0, 0.1) is 19.8 Å². The third kappa shape index (κ3) is 4.51. The van der Waals surface area contributed by atoms with Crippen LogP contribution in [0.1, 0.15) is 47.9 Å². The lowest BCUT2D eigenvalue weighted by atomic mass is 9.97. The van der Waals surface area contributed by atoms with Crippen molar-refractivity contribution >= 4 is 33.8 Å². The molecule has 1 amide bonds. The van der Waals surface area contributed by atoms with Crippen molar-refractivity contribution in [3.63, 3.8) is 0 Å². The molecule has 0 spiro atoms. The second-order valence-corrected chi connectivity index (χ2v) is 11.7. The fraction of sp³-hybridized carbons (Fsp3) is 0.357. The molecule has 2 atom stereocenters. The fourth-order valence-electron chi connectivity index (χ4n) is 5.24. The fourth-order valence-corrected chi connectivity index (χ4v) is 7.01. The van der Waals surface area contributed by atoms with E-state index in [1.165, 1.54) is 4.31 Å². The van der Waals surface area contributed by atoms with Gasteiger partial charge in [-0.1, -0.05) is 59.3 Å². The van der Waals surface area contributed by atoms with Gasteiger partial charge in [0.2, 0.25) is 15.9 Å². The van der Waals surface area contributed by atoms with Crippen LogP contribution in [0.4, 0.5) is 5.69 Å². The van der Waals surface area contributed by atoms with Crippen molar-refractivity contribution in [3.05, 3.63) is 76.7 Å². The zero-order valence-electron chi connectivity index (χ0n) is 20.8. The number of piperidine rings is 1. The second kappa shape index (κ2) is 9.67. The minimum atomic E-state index is -3.90. The number of rotatable bonds is 5. The molecule has 2 aliphatic rings. The van der Waals surface area contributed by atoms with E-state index in [2.05, 4.69) is 11.2 Å². The Morgan fingerprint density at radius 3 is 2.61 bits per heavy atom. The number of hydrogen-bond donors (Lipinski definition) is 0. The smallest absolute Gasteiger partial charge is 0.248 e. The predicted molar refractivity (Wildman–Crippen MR) is 140 cm³/mol.